The van der Waals surface area contributed by atoms with Crippen molar-refractivity contribution >= 4 is 5.91 Å². The number of likely N-dealkylation sites (N-methyl/N-ethyl adjacent to an activating group) is 1. The highest BCUT2D eigenvalue weighted by molar-refractivity contribution is 5.92. The Hall–Kier alpha value is -4.46. The first-order valence-electron chi connectivity index (χ1n) is 12.4. The molecule has 0 unspecified atom stereocenters. The number of alkyl halides is 3. The lowest BCUT2D eigenvalue weighted by Crippen LogP contribution is -2.47. The minimum absolute atomic E-state index is 0.151. The molecule has 0 aliphatic carbocycles. The summed E-state index contributed by atoms with van der Waals surface area (Å²) < 4.78 is 56.7. The monoisotopic (exact) mass is 556 g/mol. The topological polar surface area (TPSA) is 111 Å². The van der Waals surface area contributed by atoms with Crippen molar-refractivity contribution in [2.24, 2.45) is 0 Å². The number of hydrogen-bond donors (Lipinski definition) is 1. The van der Waals surface area contributed by atoms with E-state index in [1.165, 1.54) is 19.2 Å². The number of carbonyl (C=O) groups excluding carboxylic acids is 1. The Morgan fingerprint density at radius 3 is 2.65 bits per heavy atom. The Morgan fingerprint density at radius 1 is 1.15 bits per heavy atom. The number of likely N-dealkylation sites (tertiary alicyclic amines) is 1. The van der Waals surface area contributed by atoms with Gasteiger partial charge in [0.05, 0.1) is 41.4 Å². The number of nitrogens with zero attached hydrogens (tertiary/aromatic N) is 7. The van der Waals surface area contributed by atoms with Crippen LogP contribution in [-0.4, -0.2) is 60.2 Å². The fraction of sp³-hybridized carbons (Fsp3) is 0.308. The first-order chi connectivity index (χ1) is 19.1. The van der Waals surface area contributed by atoms with E-state index in [1.54, 1.807) is 23.1 Å². The molecule has 4 aromatic rings. The van der Waals surface area contributed by atoms with Gasteiger partial charge in [0.2, 0.25) is 0 Å². The summed E-state index contributed by atoms with van der Waals surface area (Å²) in [5, 5.41) is 14.8. The molecule has 10 nitrogen and oxygen atoms in total. The van der Waals surface area contributed by atoms with E-state index in [1.807, 2.05) is 0 Å². The molecule has 0 spiro atoms. The third kappa shape index (κ3) is 5.21. The van der Waals surface area contributed by atoms with Gasteiger partial charge in [0, 0.05) is 36.5 Å². The minimum Gasteiger partial charge on any atom is -0.344 e. The van der Waals surface area contributed by atoms with Crippen LogP contribution in [0.3, 0.4) is 0 Å². The number of aromatic nitrogens is 6. The largest absolute Gasteiger partial charge is 0.419 e. The van der Waals surface area contributed by atoms with Crippen LogP contribution < -0.4 is 10.9 Å². The minimum atomic E-state index is -4.88. The fourth-order valence-corrected chi connectivity index (χ4v) is 4.53. The van der Waals surface area contributed by atoms with Crippen LogP contribution in [-0.2, 0) is 6.18 Å². The van der Waals surface area contributed by atoms with Gasteiger partial charge in [0.15, 0.2) is 0 Å². The molecule has 0 bridgehead atoms. The standard InChI is InChI=1S/C26H24F4N8O2/c1-3-36-13-18(14-36)37-22(12-32-35-37)16-9-17(11-31-10-16)38-23(39)8-7-21(34-38)25(40)33-15(2)19-5-4-6-20(24(19)27)26(28,29)30/h4-12,15,18H,3,13-14H2,1-2H3,(H,33,40)/t15-/m1/s1. The molecule has 1 aliphatic heterocycles. The Labute approximate surface area is 225 Å². The summed E-state index contributed by atoms with van der Waals surface area (Å²) in [4.78, 5) is 32.0. The SMILES string of the molecule is CCN1CC(n2nncc2-c2cncc(-n3nc(C(=O)N[C@H](C)c4cccc(C(F)(F)F)c4F)ccc3=O)c2)C1. The molecular weight excluding hydrogens is 532 g/mol. The second-order valence-electron chi connectivity index (χ2n) is 9.37. The van der Waals surface area contributed by atoms with Gasteiger partial charge in [-0.05, 0) is 31.7 Å². The molecule has 14 heteroatoms. The average molecular weight is 557 g/mol. The van der Waals surface area contributed by atoms with Crippen LogP contribution in [0.5, 0.6) is 0 Å². The second kappa shape index (κ2) is 10.6. The van der Waals surface area contributed by atoms with Crippen LogP contribution in [0.1, 0.15) is 47.5 Å². The van der Waals surface area contributed by atoms with Crippen LogP contribution in [0.15, 0.2) is 59.8 Å². The van der Waals surface area contributed by atoms with Crippen molar-refractivity contribution in [1.29, 1.82) is 0 Å². The molecular formula is C26H24F4N8O2. The zero-order chi connectivity index (χ0) is 28.6. The van der Waals surface area contributed by atoms with E-state index < -0.39 is 35.1 Å². The van der Waals surface area contributed by atoms with Crippen molar-refractivity contribution < 1.29 is 22.4 Å². The molecule has 0 saturated carbocycles. The van der Waals surface area contributed by atoms with Crippen molar-refractivity contribution in [3.05, 3.63) is 88.0 Å². The van der Waals surface area contributed by atoms with Crippen LogP contribution >= 0.6 is 0 Å². The van der Waals surface area contributed by atoms with Gasteiger partial charge in [-0.2, -0.15) is 23.0 Å². The van der Waals surface area contributed by atoms with Crippen LogP contribution in [0.4, 0.5) is 17.6 Å². The summed E-state index contributed by atoms with van der Waals surface area (Å²) >= 11 is 0. The highest BCUT2D eigenvalue weighted by atomic mass is 19.4. The number of pyridine rings is 1. The number of nitrogens with one attached hydrogen (secondary N) is 1. The van der Waals surface area contributed by atoms with Crippen molar-refractivity contribution in [1.82, 2.24) is 40.0 Å². The summed E-state index contributed by atoms with van der Waals surface area (Å²) in [6.45, 7) is 6.03. The number of halogens is 4. The van der Waals surface area contributed by atoms with Gasteiger partial charge in [-0.3, -0.25) is 19.5 Å². The van der Waals surface area contributed by atoms with E-state index in [4.69, 9.17) is 0 Å². The maximum absolute atomic E-state index is 14.6. The highest BCUT2D eigenvalue weighted by Crippen LogP contribution is 2.34. The van der Waals surface area contributed by atoms with Crippen LogP contribution in [0, 0.1) is 5.82 Å². The van der Waals surface area contributed by atoms with E-state index in [9.17, 15) is 27.2 Å². The molecule has 5 rings (SSSR count). The molecule has 1 atom stereocenters. The van der Waals surface area contributed by atoms with Gasteiger partial charge >= 0.3 is 6.18 Å². The summed E-state index contributed by atoms with van der Waals surface area (Å²) in [7, 11) is 0. The van der Waals surface area contributed by atoms with E-state index >= 15 is 0 Å². The van der Waals surface area contributed by atoms with Gasteiger partial charge in [-0.15, -0.1) is 5.10 Å². The molecule has 40 heavy (non-hydrogen) atoms. The van der Waals surface area contributed by atoms with Crippen molar-refractivity contribution in [2.75, 3.05) is 19.6 Å². The highest BCUT2D eigenvalue weighted by Gasteiger charge is 2.35. The summed E-state index contributed by atoms with van der Waals surface area (Å²) in [5.74, 6) is -2.28. The number of carbonyl (C=O) groups is 1. The van der Waals surface area contributed by atoms with Crippen molar-refractivity contribution in [3.63, 3.8) is 0 Å². The van der Waals surface area contributed by atoms with Gasteiger partial charge in [-0.1, -0.05) is 24.3 Å². The molecule has 1 amide bonds. The third-order valence-electron chi connectivity index (χ3n) is 6.75. The molecule has 1 N–H and O–H groups in total. The molecule has 1 aliphatic rings. The number of rotatable bonds is 7. The molecule has 3 aromatic heterocycles. The Morgan fingerprint density at radius 2 is 1.93 bits per heavy atom. The van der Waals surface area contributed by atoms with Crippen LogP contribution in [0.2, 0.25) is 0 Å². The molecule has 1 saturated heterocycles. The Balaban J connectivity index is 1.39. The predicted molar refractivity (Wildman–Crippen MR) is 135 cm³/mol. The zero-order valence-corrected chi connectivity index (χ0v) is 21.4. The fourth-order valence-electron chi connectivity index (χ4n) is 4.53. The lowest BCUT2D eigenvalue weighted by atomic mass is 10.0. The molecule has 1 aromatic carbocycles. The van der Waals surface area contributed by atoms with E-state index in [2.05, 4.69) is 37.5 Å². The van der Waals surface area contributed by atoms with Crippen LogP contribution in [0.25, 0.3) is 16.9 Å². The molecule has 0 radical (unpaired) electrons. The van der Waals surface area contributed by atoms with Gasteiger partial charge < -0.3 is 5.32 Å². The number of hydrogen-bond acceptors (Lipinski definition) is 7. The van der Waals surface area contributed by atoms with E-state index in [-0.39, 0.29) is 23.0 Å². The number of benzene rings is 1. The lowest BCUT2D eigenvalue weighted by Gasteiger charge is -2.38. The van der Waals surface area contributed by atoms with E-state index in [0.29, 0.717) is 17.3 Å². The van der Waals surface area contributed by atoms with Gasteiger partial charge in [0.1, 0.15) is 11.5 Å². The summed E-state index contributed by atoms with van der Waals surface area (Å²) in [6.07, 6.45) is -0.285. The molecule has 1 fully saturated rings. The first-order valence-corrected chi connectivity index (χ1v) is 12.4. The average Bonchev–Trinajstić information content (AvgIpc) is 3.37. The summed E-state index contributed by atoms with van der Waals surface area (Å²) in [6, 6.07) is 5.84. The predicted octanol–water partition coefficient (Wildman–Crippen LogP) is 3.41. The molecule has 208 valence electrons. The first kappa shape index (κ1) is 27.1. The smallest absolute Gasteiger partial charge is 0.344 e. The normalized spacial score (nSPS) is 15.1. The quantitative estimate of drug-likeness (QED) is 0.348. The van der Waals surface area contributed by atoms with Gasteiger partial charge in [-0.25, -0.2) is 9.07 Å². The number of amides is 1. The maximum Gasteiger partial charge on any atom is 0.419 e. The second-order valence-corrected chi connectivity index (χ2v) is 9.37. The third-order valence-corrected chi connectivity index (χ3v) is 6.75. The Bertz CT molecular complexity index is 1610. The maximum atomic E-state index is 14.6. The summed E-state index contributed by atoms with van der Waals surface area (Å²) in [5.41, 5.74) is -0.912. The molecule has 4 heterocycles. The lowest BCUT2D eigenvalue weighted by molar-refractivity contribution is -0.140. The zero-order valence-electron chi connectivity index (χ0n) is 21.4. The Kier molecular flexibility index (Phi) is 7.19. The van der Waals surface area contributed by atoms with Crippen molar-refractivity contribution in [3.8, 4) is 16.9 Å². The van der Waals surface area contributed by atoms with Gasteiger partial charge in [0.25, 0.3) is 11.5 Å². The van der Waals surface area contributed by atoms with E-state index in [0.717, 1.165) is 42.5 Å². The van der Waals surface area contributed by atoms with Crippen molar-refractivity contribution in [2.45, 2.75) is 32.1 Å².